The van der Waals surface area contributed by atoms with Crippen LogP contribution in [0.15, 0.2) is 94.4 Å². The second-order valence-electron chi connectivity index (χ2n) is 8.01. The predicted molar refractivity (Wildman–Crippen MR) is 139 cm³/mol. The van der Waals surface area contributed by atoms with Crippen LogP contribution in [0.1, 0.15) is 15.9 Å². The van der Waals surface area contributed by atoms with Gasteiger partial charge in [0.25, 0.3) is 5.91 Å². The Bertz CT molecular complexity index is 1800. The van der Waals surface area contributed by atoms with Gasteiger partial charge in [-0.3, -0.25) is 14.7 Å². The van der Waals surface area contributed by atoms with Gasteiger partial charge in [-0.1, -0.05) is 59.3 Å². The zero-order valence-corrected chi connectivity index (χ0v) is 19.7. The van der Waals surface area contributed by atoms with Crippen molar-refractivity contribution in [2.24, 2.45) is 0 Å². The summed E-state index contributed by atoms with van der Waals surface area (Å²) in [5.74, 6) is -0.498. The molecule has 8 heteroatoms. The third-order valence-corrected chi connectivity index (χ3v) is 7.03. The van der Waals surface area contributed by atoms with E-state index in [0.717, 1.165) is 26.6 Å². The molecule has 0 radical (unpaired) electrons. The number of fused-ring (bicyclic) bond motifs is 4. The molecule has 6 aromatic rings. The Morgan fingerprint density at radius 3 is 2.74 bits per heavy atom. The van der Waals surface area contributed by atoms with Crippen LogP contribution in [0, 0.1) is 0 Å². The number of thiazole rings is 1. The van der Waals surface area contributed by atoms with E-state index in [1.807, 2.05) is 36.4 Å². The van der Waals surface area contributed by atoms with Crippen LogP contribution in [0.3, 0.4) is 0 Å². The quantitative estimate of drug-likeness (QED) is 0.206. The Kier molecular flexibility index (Phi) is 5.28. The summed E-state index contributed by atoms with van der Waals surface area (Å²) in [5, 5.41) is 3.62. The molecular formula is C27H16ClN3O3S. The lowest BCUT2D eigenvalue weighted by molar-refractivity contribution is 0.0981. The second-order valence-corrected chi connectivity index (χ2v) is 9.45. The van der Waals surface area contributed by atoms with Gasteiger partial charge in [0, 0.05) is 22.8 Å². The summed E-state index contributed by atoms with van der Waals surface area (Å²) < 4.78 is 6.42. The first kappa shape index (κ1) is 21.5. The standard InChI is InChI=1S/C27H16ClN3O3S/c28-18-8-9-22-24(12-18)35-27(30-22)31(15-16-4-3-11-29-14-16)25(32)21-13-20-19-6-2-1-5-17(19)7-10-23(20)34-26(21)33/h1-14H,15H2. The lowest BCUT2D eigenvalue weighted by atomic mass is 10.0. The summed E-state index contributed by atoms with van der Waals surface area (Å²) in [6, 6.07) is 22.1. The van der Waals surface area contributed by atoms with Crippen LogP contribution in [0.2, 0.25) is 5.02 Å². The van der Waals surface area contributed by atoms with Gasteiger partial charge in [0.05, 0.1) is 16.8 Å². The summed E-state index contributed by atoms with van der Waals surface area (Å²) in [4.78, 5) is 37.1. The molecule has 0 unspecified atom stereocenters. The lowest BCUT2D eigenvalue weighted by Gasteiger charge is -2.19. The van der Waals surface area contributed by atoms with Crippen LogP contribution in [-0.2, 0) is 6.54 Å². The molecule has 1 amide bonds. The van der Waals surface area contributed by atoms with Gasteiger partial charge < -0.3 is 4.42 Å². The molecule has 0 N–H and O–H groups in total. The van der Waals surface area contributed by atoms with Crippen LogP contribution >= 0.6 is 22.9 Å². The largest absolute Gasteiger partial charge is 0.422 e. The first-order chi connectivity index (χ1) is 17.1. The maximum absolute atomic E-state index is 13.9. The molecule has 0 bridgehead atoms. The van der Waals surface area contributed by atoms with Crippen LogP contribution in [0.4, 0.5) is 5.13 Å². The predicted octanol–water partition coefficient (Wildman–Crippen LogP) is 6.45. The van der Waals surface area contributed by atoms with Crippen molar-refractivity contribution in [1.82, 2.24) is 9.97 Å². The van der Waals surface area contributed by atoms with Crippen molar-refractivity contribution in [2.75, 3.05) is 4.90 Å². The van der Waals surface area contributed by atoms with Gasteiger partial charge in [-0.2, -0.15) is 0 Å². The maximum atomic E-state index is 13.9. The molecule has 0 aliphatic heterocycles. The summed E-state index contributed by atoms with van der Waals surface area (Å²) >= 11 is 7.49. The van der Waals surface area contributed by atoms with Crippen LogP contribution in [-0.4, -0.2) is 15.9 Å². The van der Waals surface area contributed by atoms with Gasteiger partial charge in [0.15, 0.2) is 5.13 Å². The number of rotatable bonds is 4. The van der Waals surface area contributed by atoms with Crippen molar-refractivity contribution in [3.05, 3.63) is 112 Å². The monoisotopic (exact) mass is 497 g/mol. The highest BCUT2D eigenvalue weighted by Crippen LogP contribution is 2.33. The van der Waals surface area contributed by atoms with Gasteiger partial charge in [-0.15, -0.1) is 0 Å². The molecule has 35 heavy (non-hydrogen) atoms. The van der Waals surface area contributed by atoms with E-state index in [9.17, 15) is 9.59 Å². The van der Waals surface area contributed by atoms with E-state index >= 15 is 0 Å². The fraction of sp³-hybridized carbons (Fsp3) is 0.0370. The molecule has 3 aromatic carbocycles. The van der Waals surface area contributed by atoms with Gasteiger partial charge in [0.1, 0.15) is 11.1 Å². The molecule has 6 rings (SSSR count). The number of amides is 1. The van der Waals surface area contributed by atoms with E-state index in [4.69, 9.17) is 16.0 Å². The third kappa shape index (κ3) is 3.95. The smallest absolute Gasteiger partial charge is 0.349 e. The molecule has 0 aliphatic rings. The average molecular weight is 498 g/mol. The Labute approximate surface area is 208 Å². The van der Waals surface area contributed by atoms with E-state index in [1.165, 1.54) is 16.2 Å². The minimum Gasteiger partial charge on any atom is -0.422 e. The minimum atomic E-state index is -0.696. The van der Waals surface area contributed by atoms with Gasteiger partial charge in [-0.25, -0.2) is 9.78 Å². The highest BCUT2D eigenvalue weighted by Gasteiger charge is 2.25. The number of carbonyl (C=O) groups excluding carboxylic acids is 1. The number of hydrogen-bond donors (Lipinski definition) is 0. The summed E-state index contributed by atoms with van der Waals surface area (Å²) in [6.07, 6.45) is 3.35. The van der Waals surface area contributed by atoms with E-state index in [2.05, 4.69) is 9.97 Å². The van der Waals surface area contributed by atoms with E-state index in [0.29, 0.717) is 21.1 Å². The first-order valence-corrected chi connectivity index (χ1v) is 12.0. The van der Waals surface area contributed by atoms with Crippen LogP contribution in [0.5, 0.6) is 0 Å². The Morgan fingerprint density at radius 2 is 1.89 bits per heavy atom. The second kappa shape index (κ2) is 8.61. The number of halogens is 1. The van der Waals surface area contributed by atoms with E-state index < -0.39 is 11.5 Å². The summed E-state index contributed by atoms with van der Waals surface area (Å²) in [7, 11) is 0. The topological polar surface area (TPSA) is 76.3 Å². The molecule has 0 saturated heterocycles. The zero-order chi connectivity index (χ0) is 23.9. The van der Waals surface area contributed by atoms with E-state index in [-0.39, 0.29) is 12.1 Å². The molecular weight excluding hydrogens is 482 g/mol. The van der Waals surface area contributed by atoms with Gasteiger partial charge in [-0.05, 0) is 52.7 Å². The maximum Gasteiger partial charge on any atom is 0.349 e. The minimum absolute atomic E-state index is 0.0602. The van der Waals surface area contributed by atoms with Crippen LogP contribution in [0.25, 0.3) is 32.0 Å². The van der Waals surface area contributed by atoms with Crippen LogP contribution < -0.4 is 10.5 Å². The number of nitrogens with zero attached hydrogens (tertiary/aromatic N) is 3. The number of pyridine rings is 1. The highest BCUT2D eigenvalue weighted by atomic mass is 35.5. The molecule has 3 heterocycles. The number of anilines is 1. The molecule has 3 aromatic heterocycles. The fourth-order valence-electron chi connectivity index (χ4n) is 4.07. The van der Waals surface area contributed by atoms with Gasteiger partial charge >= 0.3 is 5.63 Å². The third-order valence-electron chi connectivity index (χ3n) is 5.75. The average Bonchev–Trinajstić information content (AvgIpc) is 3.30. The normalized spacial score (nSPS) is 11.3. The molecule has 0 spiro atoms. The van der Waals surface area contributed by atoms with Crippen molar-refractivity contribution in [3.63, 3.8) is 0 Å². The van der Waals surface area contributed by atoms with Crippen molar-refractivity contribution in [3.8, 4) is 0 Å². The molecule has 0 atom stereocenters. The Balaban J connectivity index is 1.52. The molecule has 0 aliphatic carbocycles. The summed E-state index contributed by atoms with van der Waals surface area (Å²) in [6.45, 7) is 0.188. The van der Waals surface area contributed by atoms with Crippen molar-refractivity contribution < 1.29 is 9.21 Å². The SMILES string of the molecule is O=C(c1cc2c(ccc3ccccc32)oc1=O)N(Cc1cccnc1)c1nc2ccc(Cl)cc2s1. The molecule has 0 saturated carbocycles. The van der Waals surface area contributed by atoms with Crippen molar-refractivity contribution in [1.29, 1.82) is 0 Å². The molecule has 0 fully saturated rings. The Hall–Kier alpha value is -4.07. The van der Waals surface area contributed by atoms with Gasteiger partial charge in [0.2, 0.25) is 0 Å². The molecule has 170 valence electrons. The van der Waals surface area contributed by atoms with E-state index in [1.54, 1.807) is 48.8 Å². The number of carbonyl (C=O) groups is 1. The fourth-order valence-corrected chi connectivity index (χ4v) is 5.31. The number of benzene rings is 3. The van der Waals surface area contributed by atoms with Crippen molar-refractivity contribution in [2.45, 2.75) is 6.54 Å². The Morgan fingerprint density at radius 1 is 1.00 bits per heavy atom. The zero-order valence-electron chi connectivity index (χ0n) is 18.1. The first-order valence-electron chi connectivity index (χ1n) is 10.8. The molecule has 6 nitrogen and oxygen atoms in total. The number of hydrogen-bond acceptors (Lipinski definition) is 6. The highest BCUT2D eigenvalue weighted by molar-refractivity contribution is 7.22. The lowest BCUT2D eigenvalue weighted by Crippen LogP contribution is -2.33. The summed E-state index contributed by atoms with van der Waals surface area (Å²) in [5.41, 5.74) is 1.19. The van der Waals surface area contributed by atoms with Crippen molar-refractivity contribution >= 4 is 65.9 Å². The number of aromatic nitrogens is 2.